The van der Waals surface area contributed by atoms with E-state index in [9.17, 15) is 19.2 Å². The van der Waals surface area contributed by atoms with Gasteiger partial charge < -0.3 is 9.80 Å². The van der Waals surface area contributed by atoms with Crippen LogP contribution in [0.1, 0.15) is 75.3 Å². The summed E-state index contributed by atoms with van der Waals surface area (Å²) in [4.78, 5) is 58.3. The number of rotatable bonds is 4. The highest BCUT2D eigenvalue weighted by Gasteiger charge is 2.56. The molecule has 2 aliphatic carbocycles. The minimum Gasteiger partial charge on any atom is -0.313 e. The van der Waals surface area contributed by atoms with Crippen molar-refractivity contribution in [2.24, 2.45) is 0 Å². The molecular formula is C26H34N4O4. The summed E-state index contributed by atoms with van der Waals surface area (Å²) in [5, 5.41) is 0. The second kappa shape index (κ2) is 8.40. The summed E-state index contributed by atoms with van der Waals surface area (Å²) in [7, 11) is 3.49. The maximum atomic E-state index is 13.2. The fraction of sp³-hybridized carbons (Fsp3) is 0.615. The molecule has 5 rings (SSSR count). The van der Waals surface area contributed by atoms with Crippen LogP contribution in [-0.2, 0) is 22.7 Å². The van der Waals surface area contributed by atoms with Gasteiger partial charge in [-0.2, -0.15) is 0 Å². The van der Waals surface area contributed by atoms with Crippen molar-refractivity contribution in [1.29, 1.82) is 0 Å². The number of nitrogens with zero attached hydrogens (tertiary/aromatic N) is 4. The number of hydrogen-bond donors (Lipinski definition) is 0. The first kappa shape index (κ1) is 22.9. The van der Waals surface area contributed by atoms with E-state index in [1.54, 1.807) is 23.9 Å². The molecule has 0 atom stereocenters. The zero-order chi connectivity index (χ0) is 24.1. The number of benzene rings is 1. The zero-order valence-electron chi connectivity index (χ0n) is 20.2. The van der Waals surface area contributed by atoms with Crippen LogP contribution in [0.3, 0.4) is 0 Å². The third-order valence-corrected chi connectivity index (χ3v) is 8.67. The number of imide groups is 2. The largest absolute Gasteiger partial charge is 0.327 e. The minimum absolute atomic E-state index is 0.0853. The lowest BCUT2D eigenvalue weighted by Gasteiger charge is -2.35. The SMILES string of the molecule is CN1C(=O)N(Cc2ccc(CN3C(=O)N(C)C4(CCCCC4)C3=O)cc2)C(=O)C12CCCCC2. The number of likely N-dealkylation sites (N-methyl/N-ethyl adjacent to an activating group) is 2. The van der Waals surface area contributed by atoms with Crippen molar-refractivity contribution >= 4 is 23.9 Å². The van der Waals surface area contributed by atoms with Gasteiger partial charge in [-0.15, -0.1) is 0 Å². The van der Waals surface area contributed by atoms with Gasteiger partial charge in [-0.3, -0.25) is 19.4 Å². The van der Waals surface area contributed by atoms with E-state index in [0.717, 1.165) is 75.3 Å². The van der Waals surface area contributed by atoms with Gasteiger partial charge >= 0.3 is 12.1 Å². The average molecular weight is 467 g/mol. The van der Waals surface area contributed by atoms with Crippen LogP contribution in [-0.4, -0.2) is 68.6 Å². The second-order valence-electron chi connectivity index (χ2n) is 10.5. The standard InChI is InChI=1S/C26H34N4O4/c1-27-23(33)29(21(31)25(27)13-5-3-6-14-25)17-19-9-11-20(12-10-19)18-30-22(32)26(28(2)24(30)34)15-7-4-8-16-26/h9-12H,3-8,13-18H2,1-2H3. The van der Waals surface area contributed by atoms with Crippen LogP contribution in [0.2, 0.25) is 0 Å². The molecule has 0 N–H and O–H groups in total. The molecular weight excluding hydrogens is 432 g/mol. The lowest BCUT2D eigenvalue weighted by Crippen LogP contribution is -2.49. The van der Waals surface area contributed by atoms with Crippen molar-refractivity contribution in [2.75, 3.05) is 14.1 Å². The fourth-order valence-electron chi connectivity index (χ4n) is 6.46. The molecule has 1 aromatic rings. The number of carbonyl (C=O) groups is 4. The molecule has 2 saturated carbocycles. The highest BCUT2D eigenvalue weighted by molar-refractivity contribution is 6.07. The Bertz CT molecular complexity index is 927. The van der Waals surface area contributed by atoms with E-state index in [1.807, 2.05) is 24.3 Å². The molecule has 1 aromatic carbocycles. The molecule has 2 spiro atoms. The number of amides is 6. The highest BCUT2D eigenvalue weighted by atomic mass is 16.2. The molecule has 34 heavy (non-hydrogen) atoms. The van der Waals surface area contributed by atoms with E-state index >= 15 is 0 Å². The van der Waals surface area contributed by atoms with Gasteiger partial charge in [0.1, 0.15) is 11.1 Å². The van der Waals surface area contributed by atoms with Crippen molar-refractivity contribution in [3.05, 3.63) is 35.4 Å². The average Bonchev–Trinajstić information content (AvgIpc) is 3.13. The van der Waals surface area contributed by atoms with Crippen LogP contribution in [0.15, 0.2) is 24.3 Å². The topological polar surface area (TPSA) is 81.2 Å². The molecule has 0 bridgehead atoms. The Labute approximate surface area is 200 Å². The molecule has 2 aliphatic heterocycles. The van der Waals surface area contributed by atoms with Gasteiger partial charge in [0.2, 0.25) is 0 Å². The van der Waals surface area contributed by atoms with E-state index in [4.69, 9.17) is 0 Å². The van der Waals surface area contributed by atoms with Gasteiger partial charge in [0, 0.05) is 14.1 Å². The second-order valence-corrected chi connectivity index (χ2v) is 10.5. The van der Waals surface area contributed by atoms with Crippen LogP contribution in [0, 0.1) is 0 Å². The first-order valence-electron chi connectivity index (χ1n) is 12.6. The maximum absolute atomic E-state index is 13.2. The summed E-state index contributed by atoms with van der Waals surface area (Å²) in [6.45, 7) is 0.467. The highest BCUT2D eigenvalue weighted by Crippen LogP contribution is 2.41. The fourth-order valence-corrected chi connectivity index (χ4v) is 6.46. The summed E-state index contributed by atoms with van der Waals surface area (Å²) < 4.78 is 0. The normalized spacial score (nSPS) is 24.3. The lowest BCUT2D eigenvalue weighted by atomic mass is 9.80. The predicted molar refractivity (Wildman–Crippen MR) is 125 cm³/mol. The van der Waals surface area contributed by atoms with Crippen molar-refractivity contribution in [3.63, 3.8) is 0 Å². The molecule has 6 amide bonds. The lowest BCUT2D eigenvalue weighted by molar-refractivity contribution is -0.135. The number of urea groups is 2. The molecule has 4 fully saturated rings. The smallest absolute Gasteiger partial charge is 0.313 e. The van der Waals surface area contributed by atoms with Crippen LogP contribution >= 0.6 is 0 Å². The molecule has 8 nitrogen and oxygen atoms in total. The summed E-state index contributed by atoms with van der Waals surface area (Å²) >= 11 is 0. The Hall–Kier alpha value is -2.90. The van der Waals surface area contributed by atoms with Crippen LogP contribution < -0.4 is 0 Å². The third-order valence-electron chi connectivity index (χ3n) is 8.67. The van der Waals surface area contributed by atoms with Gasteiger partial charge in [-0.05, 0) is 36.8 Å². The number of carbonyl (C=O) groups excluding carboxylic acids is 4. The molecule has 182 valence electrons. The van der Waals surface area contributed by atoms with E-state index in [-0.39, 0.29) is 37.0 Å². The van der Waals surface area contributed by atoms with Crippen LogP contribution in [0.4, 0.5) is 9.59 Å². The summed E-state index contributed by atoms with van der Waals surface area (Å²) in [5.41, 5.74) is 0.359. The van der Waals surface area contributed by atoms with Crippen LogP contribution in [0.25, 0.3) is 0 Å². The Morgan fingerprint density at radius 3 is 1.24 bits per heavy atom. The van der Waals surface area contributed by atoms with Gasteiger partial charge in [-0.25, -0.2) is 9.59 Å². The van der Waals surface area contributed by atoms with Gasteiger partial charge in [0.25, 0.3) is 11.8 Å². The van der Waals surface area contributed by atoms with E-state index < -0.39 is 11.1 Å². The maximum Gasteiger partial charge on any atom is 0.327 e. The predicted octanol–water partition coefficient (Wildman–Crippen LogP) is 3.88. The van der Waals surface area contributed by atoms with Crippen LogP contribution in [0.5, 0.6) is 0 Å². The van der Waals surface area contributed by atoms with Gasteiger partial charge in [-0.1, -0.05) is 62.8 Å². The van der Waals surface area contributed by atoms with Crippen molar-refractivity contribution < 1.29 is 19.2 Å². The van der Waals surface area contributed by atoms with Gasteiger partial charge in [0.15, 0.2) is 0 Å². The Morgan fingerprint density at radius 1 is 0.588 bits per heavy atom. The first-order valence-corrected chi connectivity index (χ1v) is 12.6. The minimum atomic E-state index is -0.674. The molecule has 2 heterocycles. The Morgan fingerprint density at radius 2 is 0.912 bits per heavy atom. The summed E-state index contributed by atoms with van der Waals surface area (Å²) in [6, 6.07) is 7.06. The molecule has 0 unspecified atom stereocenters. The molecule has 0 radical (unpaired) electrons. The van der Waals surface area contributed by atoms with Crippen molar-refractivity contribution in [1.82, 2.24) is 19.6 Å². The molecule has 0 aromatic heterocycles. The molecule has 8 heteroatoms. The van der Waals surface area contributed by atoms with Gasteiger partial charge in [0.05, 0.1) is 13.1 Å². The number of hydrogen-bond acceptors (Lipinski definition) is 4. The van der Waals surface area contributed by atoms with E-state index in [2.05, 4.69) is 0 Å². The van der Waals surface area contributed by atoms with E-state index in [1.165, 1.54) is 9.80 Å². The quantitative estimate of drug-likeness (QED) is 0.631. The third kappa shape index (κ3) is 3.33. The molecule has 2 saturated heterocycles. The zero-order valence-corrected chi connectivity index (χ0v) is 20.2. The summed E-state index contributed by atoms with van der Waals surface area (Å²) in [5.74, 6) is -0.171. The Kier molecular flexibility index (Phi) is 5.65. The Balaban J connectivity index is 1.27. The monoisotopic (exact) mass is 466 g/mol. The first-order chi connectivity index (χ1) is 16.3. The van der Waals surface area contributed by atoms with E-state index in [0.29, 0.717) is 0 Å². The van der Waals surface area contributed by atoms with Crippen molar-refractivity contribution in [2.45, 2.75) is 88.4 Å². The summed E-state index contributed by atoms with van der Waals surface area (Å²) in [6.07, 6.45) is 9.03. The van der Waals surface area contributed by atoms with Crippen molar-refractivity contribution in [3.8, 4) is 0 Å². The molecule has 4 aliphatic rings.